The summed E-state index contributed by atoms with van der Waals surface area (Å²) in [5.74, 6) is -3.73. The SMILES string of the molecule is O=C(OCCC1CC1(F)F)c1ccccn1. The zero-order valence-electron chi connectivity index (χ0n) is 8.53. The van der Waals surface area contributed by atoms with Crippen LogP contribution >= 0.6 is 0 Å². The molecule has 1 saturated carbocycles. The number of esters is 1. The Balaban J connectivity index is 1.73. The molecule has 86 valence electrons. The second kappa shape index (κ2) is 4.15. The molecular weight excluding hydrogens is 216 g/mol. The Kier molecular flexibility index (Phi) is 2.85. The van der Waals surface area contributed by atoms with Crippen molar-refractivity contribution in [2.75, 3.05) is 6.61 Å². The number of ether oxygens (including phenoxy) is 1. The number of hydrogen-bond donors (Lipinski definition) is 0. The maximum absolute atomic E-state index is 12.5. The van der Waals surface area contributed by atoms with Gasteiger partial charge in [-0.25, -0.2) is 18.6 Å². The molecule has 1 fully saturated rings. The molecule has 16 heavy (non-hydrogen) atoms. The maximum Gasteiger partial charge on any atom is 0.356 e. The van der Waals surface area contributed by atoms with E-state index in [-0.39, 0.29) is 25.1 Å². The predicted molar refractivity (Wildman–Crippen MR) is 52.2 cm³/mol. The van der Waals surface area contributed by atoms with Crippen molar-refractivity contribution in [1.82, 2.24) is 4.98 Å². The highest BCUT2D eigenvalue weighted by Crippen LogP contribution is 2.50. The summed E-state index contributed by atoms with van der Waals surface area (Å²) in [4.78, 5) is 15.1. The highest BCUT2D eigenvalue weighted by Gasteiger charge is 2.56. The van der Waals surface area contributed by atoms with Gasteiger partial charge >= 0.3 is 5.97 Å². The average Bonchev–Trinajstić information content (AvgIpc) is 2.87. The van der Waals surface area contributed by atoms with Crippen LogP contribution in [0.1, 0.15) is 23.3 Å². The molecule has 0 aliphatic heterocycles. The van der Waals surface area contributed by atoms with Crippen molar-refractivity contribution in [2.45, 2.75) is 18.8 Å². The van der Waals surface area contributed by atoms with Gasteiger partial charge in [0, 0.05) is 18.5 Å². The Morgan fingerprint density at radius 1 is 1.56 bits per heavy atom. The van der Waals surface area contributed by atoms with Crippen molar-refractivity contribution in [3.05, 3.63) is 30.1 Å². The van der Waals surface area contributed by atoms with E-state index in [9.17, 15) is 13.6 Å². The summed E-state index contributed by atoms with van der Waals surface area (Å²) in [7, 11) is 0. The van der Waals surface area contributed by atoms with Gasteiger partial charge in [0.15, 0.2) is 0 Å². The standard InChI is InChI=1S/C11H11F2NO2/c12-11(13)7-8(11)4-6-16-10(15)9-3-1-2-5-14-9/h1-3,5,8H,4,6-7H2. The zero-order chi connectivity index (χ0) is 11.6. The number of hydrogen-bond acceptors (Lipinski definition) is 3. The van der Waals surface area contributed by atoms with Gasteiger partial charge in [0.1, 0.15) is 5.69 Å². The van der Waals surface area contributed by atoms with Crippen LogP contribution in [-0.4, -0.2) is 23.5 Å². The number of pyridine rings is 1. The lowest BCUT2D eigenvalue weighted by Gasteiger charge is -2.03. The van der Waals surface area contributed by atoms with Crippen molar-refractivity contribution >= 4 is 5.97 Å². The summed E-state index contributed by atoms with van der Waals surface area (Å²) < 4.78 is 29.8. The van der Waals surface area contributed by atoms with E-state index in [0.717, 1.165) is 0 Å². The molecule has 0 N–H and O–H groups in total. The Morgan fingerprint density at radius 3 is 2.88 bits per heavy atom. The van der Waals surface area contributed by atoms with Crippen LogP contribution in [0.15, 0.2) is 24.4 Å². The molecule has 1 aromatic heterocycles. The Hall–Kier alpha value is -1.52. The molecular formula is C11H11F2NO2. The van der Waals surface area contributed by atoms with Crippen molar-refractivity contribution in [2.24, 2.45) is 5.92 Å². The van der Waals surface area contributed by atoms with Crippen LogP contribution in [0.4, 0.5) is 8.78 Å². The molecule has 1 aliphatic carbocycles. The summed E-state index contributed by atoms with van der Waals surface area (Å²) in [6.45, 7) is 0.0235. The fourth-order valence-corrected chi connectivity index (χ4v) is 1.43. The van der Waals surface area contributed by atoms with Crippen LogP contribution in [0.25, 0.3) is 0 Å². The van der Waals surface area contributed by atoms with E-state index in [2.05, 4.69) is 4.98 Å². The predicted octanol–water partition coefficient (Wildman–Crippen LogP) is 2.28. The molecule has 3 nitrogen and oxygen atoms in total. The third kappa shape index (κ3) is 2.53. The van der Waals surface area contributed by atoms with Gasteiger partial charge in [0.2, 0.25) is 0 Å². The molecule has 0 amide bonds. The summed E-state index contributed by atoms with van der Waals surface area (Å²) in [5, 5.41) is 0. The highest BCUT2D eigenvalue weighted by atomic mass is 19.3. The molecule has 1 heterocycles. The van der Waals surface area contributed by atoms with E-state index >= 15 is 0 Å². The lowest BCUT2D eigenvalue weighted by molar-refractivity contribution is 0.0446. The van der Waals surface area contributed by atoms with Gasteiger partial charge in [-0.1, -0.05) is 6.07 Å². The molecule has 0 bridgehead atoms. The molecule has 1 unspecified atom stereocenters. The first-order valence-electron chi connectivity index (χ1n) is 5.05. The van der Waals surface area contributed by atoms with E-state index in [4.69, 9.17) is 4.74 Å². The summed E-state index contributed by atoms with van der Waals surface area (Å²) in [6, 6.07) is 4.87. The number of alkyl halides is 2. The molecule has 1 atom stereocenters. The van der Waals surface area contributed by atoms with Gasteiger partial charge in [-0.15, -0.1) is 0 Å². The van der Waals surface area contributed by atoms with Crippen LogP contribution < -0.4 is 0 Å². The molecule has 0 radical (unpaired) electrons. The number of rotatable bonds is 4. The van der Waals surface area contributed by atoms with Crippen LogP contribution in [0.5, 0.6) is 0 Å². The lowest BCUT2D eigenvalue weighted by atomic mass is 10.3. The first-order valence-corrected chi connectivity index (χ1v) is 5.05. The van der Waals surface area contributed by atoms with Gasteiger partial charge in [0.05, 0.1) is 6.61 Å². The van der Waals surface area contributed by atoms with Crippen molar-refractivity contribution in [3.63, 3.8) is 0 Å². The number of carbonyl (C=O) groups is 1. The molecule has 2 rings (SSSR count). The highest BCUT2D eigenvalue weighted by molar-refractivity contribution is 5.87. The molecule has 1 aromatic rings. The monoisotopic (exact) mass is 227 g/mol. The largest absolute Gasteiger partial charge is 0.461 e. The first-order chi connectivity index (χ1) is 7.59. The van der Waals surface area contributed by atoms with E-state index in [1.165, 1.54) is 12.3 Å². The number of nitrogens with zero attached hydrogens (tertiary/aromatic N) is 1. The topological polar surface area (TPSA) is 39.2 Å². The smallest absolute Gasteiger partial charge is 0.356 e. The molecule has 0 saturated heterocycles. The van der Waals surface area contributed by atoms with Crippen molar-refractivity contribution < 1.29 is 18.3 Å². The van der Waals surface area contributed by atoms with Gasteiger partial charge in [-0.3, -0.25) is 0 Å². The van der Waals surface area contributed by atoms with Crippen LogP contribution in [0.3, 0.4) is 0 Å². The number of carbonyl (C=O) groups excluding carboxylic acids is 1. The Bertz CT molecular complexity index is 381. The van der Waals surface area contributed by atoms with Gasteiger partial charge in [-0.05, 0) is 18.6 Å². The lowest BCUT2D eigenvalue weighted by Crippen LogP contribution is -2.09. The molecule has 0 aromatic carbocycles. The third-order valence-electron chi connectivity index (χ3n) is 2.53. The number of aromatic nitrogens is 1. The third-order valence-corrected chi connectivity index (χ3v) is 2.53. The minimum Gasteiger partial charge on any atom is -0.461 e. The summed E-state index contributed by atoms with van der Waals surface area (Å²) >= 11 is 0. The average molecular weight is 227 g/mol. The van der Waals surface area contributed by atoms with E-state index in [1.54, 1.807) is 12.1 Å². The second-order valence-corrected chi connectivity index (χ2v) is 3.80. The van der Waals surface area contributed by atoms with E-state index in [0.29, 0.717) is 0 Å². The Labute approximate surface area is 91.4 Å². The van der Waals surface area contributed by atoms with Crippen molar-refractivity contribution in [1.29, 1.82) is 0 Å². The molecule has 0 spiro atoms. The normalized spacial score (nSPS) is 21.5. The van der Waals surface area contributed by atoms with Crippen molar-refractivity contribution in [3.8, 4) is 0 Å². The van der Waals surface area contributed by atoms with Gasteiger partial charge in [-0.2, -0.15) is 0 Å². The summed E-state index contributed by atoms with van der Waals surface area (Å²) in [6.07, 6.45) is 1.60. The molecule has 5 heteroatoms. The zero-order valence-corrected chi connectivity index (χ0v) is 8.53. The van der Waals surface area contributed by atoms with E-state index in [1.807, 2.05) is 0 Å². The summed E-state index contributed by atoms with van der Waals surface area (Å²) in [5.41, 5.74) is 0.199. The fourth-order valence-electron chi connectivity index (χ4n) is 1.43. The van der Waals surface area contributed by atoms with Crippen LogP contribution in [0.2, 0.25) is 0 Å². The van der Waals surface area contributed by atoms with E-state index < -0.39 is 17.8 Å². The Morgan fingerprint density at radius 2 is 2.31 bits per heavy atom. The molecule has 1 aliphatic rings. The maximum atomic E-state index is 12.5. The first kappa shape index (κ1) is 11.0. The van der Waals surface area contributed by atoms with Gasteiger partial charge in [0.25, 0.3) is 5.92 Å². The van der Waals surface area contributed by atoms with Crippen LogP contribution in [-0.2, 0) is 4.74 Å². The van der Waals surface area contributed by atoms with Crippen LogP contribution in [0, 0.1) is 5.92 Å². The fraction of sp³-hybridized carbons (Fsp3) is 0.455. The minimum atomic E-state index is -2.54. The quantitative estimate of drug-likeness (QED) is 0.741. The van der Waals surface area contributed by atoms with Gasteiger partial charge < -0.3 is 4.74 Å². The number of halogens is 2. The second-order valence-electron chi connectivity index (χ2n) is 3.80. The minimum absolute atomic E-state index is 0.0235.